The van der Waals surface area contributed by atoms with Crippen LogP contribution in [0.3, 0.4) is 0 Å². The second-order valence-electron chi connectivity index (χ2n) is 4.28. The van der Waals surface area contributed by atoms with Gasteiger partial charge in [-0.05, 0) is 31.3 Å². The van der Waals surface area contributed by atoms with Crippen LogP contribution in [-0.2, 0) is 4.79 Å². The van der Waals surface area contributed by atoms with Crippen LogP contribution in [0.4, 0.5) is 10.1 Å². The summed E-state index contributed by atoms with van der Waals surface area (Å²) in [6, 6.07) is 6.20. The summed E-state index contributed by atoms with van der Waals surface area (Å²) in [5.41, 5.74) is 0.622. The van der Waals surface area contributed by atoms with Gasteiger partial charge in [-0.25, -0.2) is 4.39 Å². The van der Waals surface area contributed by atoms with Crippen LogP contribution in [0.15, 0.2) is 24.3 Å². The van der Waals surface area contributed by atoms with E-state index in [1.807, 2.05) is 11.9 Å². The van der Waals surface area contributed by atoms with E-state index in [0.29, 0.717) is 18.3 Å². The quantitative estimate of drug-likeness (QED) is 0.863. The molecule has 4 nitrogen and oxygen atoms in total. The molecule has 0 spiro atoms. The smallest absolute Gasteiger partial charge is 0.238 e. The molecule has 1 amide bonds. The highest BCUT2D eigenvalue weighted by molar-refractivity contribution is 5.92. The van der Waals surface area contributed by atoms with Crippen LogP contribution in [0.5, 0.6) is 0 Å². The van der Waals surface area contributed by atoms with Crippen LogP contribution in [-0.4, -0.2) is 43.5 Å². The first-order valence-corrected chi connectivity index (χ1v) is 5.61. The third kappa shape index (κ3) is 3.94. The normalized spacial score (nSPS) is 14.8. The number of nitrogens with one attached hydrogen (secondary N) is 2. The van der Waals surface area contributed by atoms with Gasteiger partial charge in [0.2, 0.25) is 5.91 Å². The predicted molar refractivity (Wildman–Crippen MR) is 71.6 cm³/mol. The van der Waals surface area contributed by atoms with E-state index in [9.17, 15) is 9.18 Å². The van der Waals surface area contributed by atoms with E-state index in [2.05, 4.69) is 10.6 Å². The van der Waals surface area contributed by atoms with Crippen molar-refractivity contribution in [2.45, 2.75) is 6.04 Å². The maximum absolute atomic E-state index is 12.7. The summed E-state index contributed by atoms with van der Waals surface area (Å²) in [5, 5.41) is 5.89. The summed E-state index contributed by atoms with van der Waals surface area (Å²) in [5.74, 6) is -0.383. The predicted octanol–water partition coefficient (Wildman–Crippen LogP) is 1.09. The molecular weight excluding hydrogens is 257 g/mol. The Balaban J connectivity index is 0.00000162. The number of hydrogen-bond donors (Lipinski definition) is 2. The Hall–Kier alpha value is -1.17. The topological polar surface area (TPSA) is 44.4 Å². The highest BCUT2D eigenvalue weighted by Crippen LogP contribution is 2.08. The fourth-order valence-electron chi connectivity index (χ4n) is 1.67. The first-order chi connectivity index (χ1) is 8.15. The van der Waals surface area contributed by atoms with Crippen LogP contribution in [0, 0.1) is 5.82 Å². The average Bonchev–Trinajstić information content (AvgIpc) is 2.18. The lowest BCUT2D eigenvalue weighted by Crippen LogP contribution is -2.57. The van der Waals surface area contributed by atoms with Gasteiger partial charge in [-0.1, -0.05) is 0 Å². The summed E-state index contributed by atoms with van der Waals surface area (Å²) < 4.78 is 12.7. The van der Waals surface area contributed by atoms with Gasteiger partial charge in [0.25, 0.3) is 0 Å². The van der Waals surface area contributed by atoms with Crippen molar-refractivity contribution in [1.82, 2.24) is 10.2 Å². The molecule has 1 aromatic rings. The number of rotatable bonds is 4. The standard InChI is InChI=1S/C12H16FN3O.ClH/c1-16(11-6-14-7-11)8-12(17)15-10-4-2-9(13)3-5-10;/h2-5,11,14H,6-8H2,1H3,(H,15,17);1H. The van der Waals surface area contributed by atoms with Crippen molar-refractivity contribution in [2.75, 3.05) is 32.0 Å². The van der Waals surface area contributed by atoms with E-state index in [1.165, 1.54) is 12.1 Å². The summed E-state index contributed by atoms with van der Waals surface area (Å²) in [6.45, 7) is 2.21. The van der Waals surface area contributed by atoms with E-state index in [4.69, 9.17) is 0 Å². The molecule has 0 atom stereocenters. The minimum Gasteiger partial charge on any atom is -0.325 e. The fraction of sp³-hybridized carbons (Fsp3) is 0.417. The van der Waals surface area contributed by atoms with Gasteiger partial charge in [0, 0.05) is 24.8 Å². The Labute approximate surface area is 112 Å². The average molecular weight is 274 g/mol. The minimum absolute atomic E-state index is 0. The third-order valence-electron chi connectivity index (χ3n) is 2.90. The third-order valence-corrected chi connectivity index (χ3v) is 2.90. The highest BCUT2D eigenvalue weighted by Gasteiger charge is 2.22. The van der Waals surface area contributed by atoms with E-state index in [-0.39, 0.29) is 24.1 Å². The second kappa shape index (κ2) is 6.68. The van der Waals surface area contributed by atoms with Gasteiger partial charge in [0.05, 0.1) is 6.54 Å². The van der Waals surface area contributed by atoms with Gasteiger partial charge in [0.15, 0.2) is 0 Å². The fourth-order valence-corrected chi connectivity index (χ4v) is 1.67. The number of carbonyl (C=O) groups excluding carboxylic acids is 1. The number of benzene rings is 1. The summed E-state index contributed by atoms with van der Waals surface area (Å²) >= 11 is 0. The summed E-state index contributed by atoms with van der Waals surface area (Å²) in [6.07, 6.45) is 0. The van der Waals surface area contributed by atoms with Crippen molar-refractivity contribution >= 4 is 24.0 Å². The van der Waals surface area contributed by atoms with Crippen molar-refractivity contribution in [3.63, 3.8) is 0 Å². The van der Waals surface area contributed by atoms with Crippen LogP contribution in [0.1, 0.15) is 0 Å². The van der Waals surface area contributed by atoms with Gasteiger partial charge < -0.3 is 10.6 Å². The van der Waals surface area contributed by atoms with Gasteiger partial charge in [0.1, 0.15) is 5.82 Å². The first-order valence-electron chi connectivity index (χ1n) is 5.61. The molecule has 1 aliphatic heterocycles. The molecule has 0 bridgehead atoms. The molecule has 0 saturated carbocycles. The van der Waals surface area contributed by atoms with E-state index in [0.717, 1.165) is 13.1 Å². The van der Waals surface area contributed by atoms with Crippen molar-refractivity contribution in [3.8, 4) is 0 Å². The SMILES string of the molecule is CN(CC(=O)Nc1ccc(F)cc1)C1CNC1.Cl. The molecule has 0 aromatic heterocycles. The van der Waals surface area contributed by atoms with Gasteiger partial charge in [-0.15, -0.1) is 12.4 Å². The number of likely N-dealkylation sites (N-methyl/N-ethyl adjacent to an activating group) is 1. The maximum atomic E-state index is 12.7. The monoisotopic (exact) mass is 273 g/mol. The molecule has 0 unspecified atom stereocenters. The van der Waals surface area contributed by atoms with Gasteiger partial charge >= 0.3 is 0 Å². The molecule has 1 fully saturated rings. The van der Waals surface area contributed by atoms with Crippen molar-refractivity contribution in [1.29, 1.82) is 0 Å². The minimum atomic E-state index is -0.305. The van der Waals surface area contributed by atoms with E-state index < -0.39 is 0 Å². The Morgan fingerprint density at radius 3 is 2.56 bits per heavy atom. The first kappa shape index (κ1) is 14.9. The lowest BCUT2D eigenvalue weighted by Gasteiger charge is -2.35. The molecular formula is C12H17ClFN3O. The summed E-state index contributed by atoms with van der Waals surface area (Å²) in [4.78, 5) is 13.7. The molecule has 6 heteroatoms. The number of halogens is 2. The van der Waals surface area contributed by atoms with Crippen molar-refractivity contribution in [2.24, 2.45) is 0 Å². The number of hydrogen-bond acceptors (Lipinski definition) is 3. The van der Waals surface area contributed by atoms with Crippen LogP contribution in [0.2, 0.25) is 0 Å². The zero-order valence-electron chi connectivity index (χ0n) is 10.1. The molecule has 1 heterocycles. The second-order valence-corrected chi connectivity index (χ2v) is 4.28. The number of amides is 1. The Kier molecular flexibility index (Phi) is 5.53. The maximum Gasteiger partial charge on any atom is 0.238 e. The lowest BCUT2D eigenvalue weighted by atomic mass is 10.1. The van der Waals surface area contributed by atoms with Gasteiger partial charge in [-0.3, -0.25) is 9.69 Å². The molecule has 0 aliphatic carbocycles. The Morgan fingerprint density at radius 2 is 2.06 bits per heavy atom. The van der Waals surface area contributed by atoms with E-state index >= 15 is 0 Å². The largest absolute Gasteiger partial charge is 0.325 e. The molecule has 1 saturated heterocycles. The lowest BCUT2D eigenvalue weighted by molar-refractivity contribution is -0.117. The number of nitrogens with zero attached hydrogens (tertiary/aromatic N) is 1. The zero-order valence-corrected chi connectivity index (χ0v) is 11.0. The Bertz CT molecular complexity index is 395. The molecule has 1 aromatic carbocycles. The molecule has 1 aliphatic rings. The number of anilines is 1. The van der Waals surface area contributed by atoms with E-state index in [1.54, 1.807) is 12.1 Å². The summed E-state index contributed by atoms with van der Waals surface area (Å²) in [7, 11) is 1.93. The van der Waals surface area contributed by atoms with Crippen molar-refractivity contribution < 1.29 is 9.18 Å². The Morgan fingerprint density at radius 1 is 1.44 bits per heavy atom. The van der Waals surface area contributed by atoms with Crippen LogP contribution >= 0.6 is 12.4 Å². The van der Waals surface area contributed by atoms with Crippen LogP contribution < -0.4 is 10.6 Å². The van der Waals surface area contributed by atoms with Crippen LogP contribution in [0.25, 0.3) is 0 Å². The number of carbonyl (C=O) groups is 1. The van der Waals surface area contributed by atoms with Gasteiger partial charge in [-0.2, -0.15) is 0 Å². The molecule has 2 rings (SSSR count). The highest BCUT2D eigenvalue weighted by atomic mass is 35.5. The molecule has 0 radical (unpaired) electrons. The zero-order chi connectivity index (χ0) is 12.3. The molecule has 18 heavy (non-hydrogen) atoms. The van der Waals surface area contributed by atoms with Crippen molar-refractivity contribution in [3.05, 3.63) is 30.1 Å². The molecule has 2 N–H and O–H groups in total. The molecule has 100 valence electrons.